The minimum atomic E-state index is 0.226. The molecular formula is C19H21NO2. The van der Waals surface area contributed by atoms with Gasteiger partial charge >= 0.3 is 0 Å². The molecule has 2 aromatic carbocycles. The van der Waals surface area contributed by atoms with Gasteiger partial charge in [0.1, 0.15) is 17.2 Å². The number of nitriles is 1. The van der Waals surface area contributed by atoms with E-state index in [2.05, 4.69) is 6.07 Å². The van der Waals surface area contributed by atoms with Crippen molar-refractivity contribution < 1.29 is 9.84 Å². The second-order valence-electron chi connectivity index (χ2n) is 5.87. The Kier molecular flexibility index (Phi) is 4.72. The molecular weight excluding hydrogens is 274 g/mol. The highest BCUT2D eigenvalue weighted by molar-refractivity contribution is 5.48. The van der Waals surface area contributed by atoms with E-state index in [1.54, 1.807) is 12.1 Å². The molecule has 3 heteroatoms. The fraction of sp³-hybridized carbons (Fsp3) is 0.316. The predicted octanol–water partition coefficient (Wildman–Crippen LogP) is 4.99. The number of phenolic OH excluding ortho intramolecular Hbond substituents is 1. The summed E-state index contributed by atoms with van der Waals surface area (Å²) in [4.78, 5) is 0. The summed E-state index contributed by atoms with van der Waals surface area (Å²) in [6, 6.07) is 11.4. The third-order valence-electron chi connectivity index (χ3n) is 3.64. The van der Waals surface area contributed by atoms with Crippen LogP contribution in [0.25, 0.3) is 0 Å². The smallest absolute Gasteiger partial charge is 0.133 e. The Morgan fingerprint density at radius 3 is 2.32 bits per heavy atom. The van der Waals surface area contributed by atoms with E-state index in [9.17, 15) is 5.11 Å². The van der Waals surface area contributed by atoms with Gasteiger partial charge < -0.3 is 9.84 Å². The van der Waals surface area contributed by atoms with Crippen molar-refractivity contribution in [3.8, 4) is 23.3 Å². The van der Waals surface area contributed by atoms with Crippen molar-refractivity contribution in [1.29, 1.82) is 5.26 Å². The first-order valence-corrected chi connectivity index (χ1v) is 7.40. The van der Waals surface area contributed by atoms with Gasteiger partial charge in [-0.2, -0.15) is 5.26 Å². The minimum Gasteiger partial charge on any atom is -0.508 e. The van der Waals surface area contributed by atoms with Gasteiger partial charge in [0.05, 0.1) is 12.5 Å². The third-order valence-corrected chi connectivity index (χ3v) is 3.64. The van der Waals surface area contributed by atoms with Crippen molar-refractivity contribution in [2.24, 2.45) is 0 Å². The Morgan fingerprint density at radius 1 is 1.14 bits per heavy atom. The first-order chi connectivity index (χ1) is 10.4. The van der Waals surface area contributed by atoms with Crippen LogP contribution in [0.1, 0.15) is 42.0 Å². The second kappa shape index (κ2) is 6.53. The lowest BCUT2D eigenvalue weighted by molar-refractivity contribution is 0.452. The van der Waals surface area contributed by atoms with Gasteiger partial charge in [-0.25, -0.2) is 0 Å². The van der Waals surface area contributed by atoms with E-state index in [1.165, 1.54) is 0 Å². The van der Waals surface area contributed by atoms with E-state index in [1.807, 2.05) is 45.9 Å². The van der Waals surface area contributed by atoms with E-state index in [4.69, 9.17) is 10.00 Å². The molecule has 0 radical (unpaired) electrons. The lowest BCUT2D eigenvalue weighted by atomic mass is 10.0. The summed E-state index contributed by atoms with van der Waals surface area (Å²) < 4.78 is 6.02. The minimum absolute atomic E-state index is 0.226. The molecule has 2 rings (SSSR count). The molecule has 0 aromatic heterocycles. The van der Waals surface area contributed by atoms with Crippen LogP contribution in [0.15, 0.2) is 30.3 Å². The standard InChI is InChI=1S/C19H21NO2/c1-12(2)17-11-16(5-6-18(17)21)22-19-13(3)9-15(7-8-20)10-14(19)4/h5-6,9-12,21H,7H2,1-4H3. The molecule has 1 N–H and O–H groups in total. The molecule has 0 aliphatic rings. The number of aromatic hydroxyl groups is 1. The van der Waals surface area contributed by atoms with Gasteiger partial charge in [-0.05, 0) is 54.7 Å². The number of benzene rings is 2. The molecule has 0 spiro atoms. The summed E-state index contributed by atoms with van der Waals surface area (Å²) in [5, 5.41) is 18.7. The summed E-state index contributed by atoms with van der Waals surface area (Å²) in [6.07, 6.45) is 0.401. The number of rotatable bonds is 4. The second-order valence-corrected chi connectivity index (χ2v) is 5.87. The van der Waals surface area contributed by atoms with Gasteiger partial charge in [0.15, 0.2) is 0 Å². The Morgan fingerprint density at radius 2 is 1.77 bits per heavy atom. The van der Waals surface area contributed by atoms with Crippen molar-refractivity contribution in [2.75, 3.05) is 0 Å². The molecule has 0 amide bonds. The average molecular weight is 295 g/mol. The van der Waals surface area contributed by atoms with Gasteiger partial charge in [-0.1, -0.05) is 26.0 Å². The maximum absolute atomic E-state index is 9.89. The fourth-order valence-electron chi connectivity index (χ4n) is 2.57. The highest BCUT2D eigenvalue weighted by Gasteiger charge is 2.11. The average Bonchev–Trinajstić information content (AvgIpc) is 2.44. The number of aryl methyl sites for hydroxylation is 2. The van der Waals surface area contributed by atoms with E-state index in [-0.39, 0.29) is 5.92 Å². The third kappa shape index (κ3) is 3.40. The Bertz CT molecular complexity index is 704. The molecule has 0 unspecified atom stereocenters. The van der Waals surface area contributed by atoms with Crippen LogP contribution in [0.3, 0.4) is 0 Å². The van der Waals surface area contributed by atoms with Gasteiger partial charge in [0.25, 0.3) is 0 Å². The van der Waals surface area contributed by atoms with E-state index >= 15 is 0 Å². The molecule has 22 heavy (non-hydrogen) atoms. The zero-order valence-electron chi connectivity index (χ0n) is 13.5. The first-order valence-electron chi connectivity index (χ1n) is 7.40. The lowest BCUT2D eigenvalue weighted by Gasteiger charge is -2.15. The van der Waals surface area contributed by atoms with Crippen molar-refractivity contribution in [1.82, 2.24) is 0 Å². The number of phenols is 1. The summed E-state index contributed by atoms with van der Waals surface area (Å²) >= 11 is 0. The van der Waals surface area contributed by atoms with Crippen molar-refractivity contribution >= 4 is 0 Å². The van der Waals surface area contributed by atoms with Gasteiger partial charge in [0.2, 0.25) is 0 Å². The zero-order valence-corrected chi connectivity index (χ0v) is 13.5. The molecule has 0 bridgehead atoms. The maximum atomic E-state index is 9.89. The van der Waals surface area contributed by atoms with E-state index in [0.29, 0.717) is 17.9 Å². The number of hydrogen-bond acceptors (Lipinski definition) is 3. The Balaban J connectivity index is 2.35. The van der Waals surface area contributed by atoms with Crippen LogP contribution in [0.4, 0.5) is 0 Å². The SMILES string of the molecule is Cc1cc(CC#N)cc(C)c1Oc1ccc(O)c(C(C)C)c1. The van der Waals surface area contributed by atoms with Gasteiger partial charge in [-0.3, -0.25) is 0 Å². The summed E-state index contributed by atoms with van der Waals surface area (Å²) in [6.45, 7) is 8.03. The molecule has 2 aromatic rings. The predicted molar refractivity (Wildman–Crippen MR) is 87.5 cm³/mol. The fourth-order valence-corrected chi connectivity index (χ4v) is 2.57. The zero-order chi connectivity index (χ0) is 16.3. The van der Waals surface area contributed by atoms with Crippen LogP contribution in [0.2, 0.25) is 0 Å². The molecule has 0 aliphatic carbocycles. The van der Waals surface area contributed by atoms with Crippen molar-refractivity contribution in [3.63, 3.8) is 0 Å². The maximum Gasteiger partial charge on any atom is 0.133 e. The highest BCUT2D eigenvalue weighted by atomic mass is 16.5. The lowest BCUT2D eigenvalue weighted by Crippen LogP contribution is -1.95. The molecule has 0 atom stereocenters. The van der Waals surface area contributed by atoms with E-state index < -0.39 is 0 Å². The van der Waals surface area contributed by atoms with Crippen LogP contribution < -0.4 is 4.74 Å². The monoisotopic (exact) mass is 295 g/mol. The molecule has 114 valence electrons. The van der Waals surface area contributed by atoms with Crippen LogP contribution in [-0.2, 0) is 6.42 Å². The summed E-state index contributed by atoms with van der Waals surface area (Å²) in [7, 11) is 0. The molecule has 0 saturated carbocycles. The summed E-state index contributed by atoms with van der Waals surface area (Å²) in [5.74, 6) is 2.03. The Hall–Kier alpha value is -2.47. The first kappa shape index (κ1) is 15.9. The quantitative estimate of drug-likeness (QED) is 0.864. The van der Waals surface area contributed by atoms with Crippen LogP contribution in [0.5, 0.6) is 17.2 Å². The number of ether oxygens (including phenoxy) is 1. The topological polar surface area (TPSA) is 53.2 Å². The van der Waals surface area contributed by atoms with Gasteiger partial charge in [0, 0.05) is 5.56 Å². The summed E-state index contributed by atoms with van der Waals surface area (Å²) in [5.41, 5.74) is 3.88. The highest BCUT2D eigenvalue weighted by Crippen LogP contribution is 2.34. The van der Waals surface area contributed by atoms with Crippen LogP contribution in [-0.4, -0.2) is 5.11 Å². The van der Waals surface area contributed by atoms with Crippen molar-refractivity contribution in [3.05, 3.63) is 52.6 Å². The molecule has 0 saturated heterocycles. The molecule has 0 fully saturated rings. The van der Waals surface area contributed by atoms with Crippen molar-refractivity contribution in [2.45, 2.75) is 40.0 Å². The molecule has 3 nitrogen and oxygen atoms in total. The van der Waals surface area contributed by atoms with Crippen LogP contribution in [0, 0.1) is 25.2 Å². The van der Waals surface area contributed by atoms with Gasteiger partial charge in [-0.15, -0.1) is 0 Å². The molecule has 0 aliphatic heterocycles. The van der Waals surface area contributed by atoms with E-state index in [0.717, 1.165) is 28.0 Å². The largest absolute Gasteiger partial charge is 0.508 e. The Labute approximate surface area is 131 Å². The number of nitrogens with zero attached hydrogens (tertiary/aromatic N) is 1. The van der Waals surface area contributed by atoms with Crippen LogP contribution >= 0.6 is 0 Å². The number of hydrogen-bond donors (Lipinski definition) is 1. The molecule has 0 heterocycles. The normalized spacial score (nSPS) is 10.5.